The molecular formula is C10H24N2. The highest BCUT2D eigenvalue weighted by atomic mass is 15.3. The summed E-state index contributed by atoms with van der Waals surface area (Å²) in [6, 6.07) is 0.639. The lowest BCUT2D eigenvalue weighted by molar-refractivity contribution is 0.143. The third-order valence-electron chi connectivity index (χ3n) is 2.02. The minimum absolute atomic E-state index is 0.639. The highest BCUT2D eigenvalue weighted by Gasteiger charge is 2.07. The molecule has 0 aromatic rings. The first kappa shape index (κ1) is 11.9. The van der Waals surface area contributed by atoms with Gasteiger partial charge < -0.3 is 0 Å². The summed E-state index contributed by atoms with van der Waals surface area (Å²) in [7, 11) is 4.35. The summed E-state index contributed by atoms with van der Waals surface area (Å²) >= 11 is 0. The van der Waals surface area contributed by atoms with Gasteiger partial charge in [0, 0.05) is 12.6 Å². The molecule has 0 saturated carbocycles. The molecule has 12 heavy (non-hydrogen) atoms. The Balaban J connectivity index is 3.61. The summed E-state index contributed by atoms with van der Waals surface area (Å²) in [4.78, 5) is 4.72. The quantitative estimate of drug-likeness (QED) is 0.584. The zero-order valence-corrected chi connectivity index (χ0v) is 9.46. The van der Waals surface area contributed by atoms with Crippen LogP contribution in [0.25, 0.3) is 0 Å². The molecule has 0 heterocycles. The maximum atomic E-state index is 2.37. The lowest BCUT2D eigenvalue weighted by Crippen LogP contribution is -2.38. The van der Waals surface area contributed by atoms with Gasteiger partial charge in [-0.2, -0.15) is 0 Å². The molecule has 0 unspecified atom stereocenters. The van der Waals surface area contributed by atoms with E-state index in [4.69, 9.17) is 0 Å². The average molecular weight is 172 g/mol. The third-order valence-corrected chi connectivity index (χ3v) is 2.02. The van der Waals surface area contributed by atoms with Crippen LogP contribution in [0.2, 0.25) is 0 Å². The molecule has 0 aromatic carbocycles. The molecule has 0 spiro atoms. The summed E-state index contributed by atoms with van der Waals surface area (Å²) in [6.07, 6.45) is 0. The minimum atomic E-state index is 0.639. The normalized spacial score (nSPS) is 12.5. The molecule has 74 valence electrons. The van der Waals surface area contributed by atoms with E-state index in [2.05, 4.69) is 51.6 Å². The van der Waals surface area contributed by atoms with Crippen LogP contribution >= 0.6 is 0 Å². The molecule has 0 saturated heterocycles. The van der Waals surface area contributed by atoms with Gasteiger partial charge in [-0.05, 0) is 33.9 Å². The van der Waals surface area contributed by atoms with Crippen LogP contribution in [-0.2, 0) is 0 Å². The summed E-state index contributed by atoms with van der Waals surface area (Å²) in [5, 5.41) is 0. The van der Waals surface area contributed by atoms with Crippen LogP contribution in [0.4, 0.5) is 0 Å². The van der Waals surface area contributed by atoms with Gasteiger partial charge >= 0.3 is 0 Å². The number of hydrogen-bond acceptors (Lipinski definition) is 2. The van der Waals surface area contributed by atoms with Gasteiger partial charge in [-0.3, -0.25) is 9.80 Å². The van der Waals surface area contributed by atoms with Crippen LogP contribution in [0.3, 0.4) is 0 Å². The van der Waals surface area contributed by atoms with Crippen LogP contribution in [0.15, 0.2) is 0 Å². The summed E-state index contributed by atoms with van der Waals surface area (Å²) in [5.41, 5.74) is 0. The Hall–Kier alpha value is -0.0800. The first-order valence-corrected chi connectivity index (χ1v) is 4.82. The molecule has 0 N–H and O–H groups in total. The average Bonchev–Trinajstić information content (AvgIpc) is 1.84. The fourth-order valence-corrected chi connectivity index (χ4v) is 1.23. The fraction of sp³-hybridized carbons (Fsp3) is 1.00. The van der Waals surface area contributed by atoms with Crippen LogP contribution in [0.1, 0.15) is 27.7 Å². The Labute approximate surface area is 77.5 Å². The molecule has 0 fully saturated rings. The Kier molecular flexibility index (Phi) is 5.51. The van der Waals surface area contributed by atoms with Crippen LogP contribution in [-0.4, -0.2) is 43.2 Å². The maximum Gasteiger partial charge on any atom is 0.0503 e. The van der Waals surface area contributed by atoms with Crippen molar-refractivity contribution in [3.8, 4) is 0 Å². The SMILES string of the molecule is CC(C)CN(C)CN(C)C(C)C. The topological polar surface area (TPSA) is 6.48 Å². The molecule has 0 rings (SSSR count). The largest absolute Gasteiger partial charge is 0.293 e. The van der Waals surface area contributed by atoms with Crippen LogP contribution < -0.4 is 0 Å². The first-order valence-electron chi connectivity index (χ1n) is 4.82. The molecule has 0 aliphatic heterocycles. The van der Waals surface area contributed by atoms with Gasteiger partial charge in [0.1, 0.15) is 0 Å². The van der Waals surface area contributed by atoms with E-state index in [1.165, 1.54) is 6.54 Å². The van der Waals surface area contributed by atoms with Crippen LogP contribution in [0.5, 0.6) is 0 Å². The smallest absolute Gasteiger partial charge is 0.0503 e. The molecule has 0 bridgehead atoms. The van der Waals surface area contributed by atoms with E-state index >= 15 is 0 Å². The third kappa shape index (κ3) is 5.56. The second kappa shape index (κ2) is 5.55. The zero-order valence-electron chi connectivity index (χ0n) is 9.46. The van der Waals surface area contributed by atoms with Crippen molar-refractivity contribution < 1.29 is 0 Å². The number of hydrogen-bond donors (Lipinski definition) is 0. The van der Waals surface area contributed by atoms with Gasteiger partial charge in [0.05, 0.1) is 6.67 Å². The monoisotopic (exact) mass is 172 g/mol. The highest BCUT2D eigenvalue weighted by molar-refractivity contribution is 4.58. The summed E-state index contributed by atoms with van der Waals surface area (Å²) in [5.74, 6) is 0.760. The van der Waals surface area contributed by atoms with Gasteiger partial charge in [0.2, 0.25) is 0 Å². The van der Waals surface area contributed by atoms with Gasteiger partial charge in [-0.15, -0.1) is 0 Å². The summed E-state index contributed by atoms with van der Waals surface area (Å²) in [6.45, 7) is 11.2. The Morgan fingerprint density at radius 3 is 1.83 bits per heavy atom. The Morgan fingerprint density at radius 2 is 1.50 bits per heavy atom. The van der Waals surface area contributed by atoms with E-state index in [1.807, 2.05) is 0 Å². The molecule has 0 atom stereocenters. The van der Waals surface area contributed by atoms with E-state index in [0.29, 0.717) is 6.04 Å². The van der Waals surface area contributed by atoms with E-state index in [1.54, 1.807) is 0 Å². The molecule has 0 amide bonds. The van der Waals surface area contributed by atoms with Crippen molar-refractivity contribution in [2.45, 2.75) is 33.7 Å². The van der Waals surface area contributed by atoms with Crippen molar-refractivity contribution in [2.24, 2.45) is 5.92 Å². The van der Waals surface area contributed by atoms with Gasteiger partial charge in [-0.1, -0.05) is 13.8 Å². The van der Waals surface area contributed by atoms with Crippen LogP contribution in [0, 0.1) is 5.92 Å². The lowest BCUT2D eigenvalue weighted by atomic mass is 10.2. The standard InChI is InChI=1S/C10H24N2/c1-9(2)7-11(5)8-12(6)10(3)4/h9-10H,7-8H2,1-6H3. The van der Waals surface area contributed by atoms with Crippen molar-refractivity contribution in [3.05, 3.63) is 0 Å². The van der Waals surface area contributed by atoms with E-state index in [9.17, 15) is 0 Å². The van der Waals surface area contributed by atoms with Crippen molar-refractivity contribution in [3.63, 3.8) is 0 Å². The molecule has 0 aliphatic carbocycles. The molecule has 0 radical (unpaired) electrons. The van der Waals surface area contributed by atoms with E-state index < -0.39 is 0 Å². The Morgan fingerprint density at radius 1 is 1.00 bits per heavy atom. The fourth-order valence-electron chi connectivity index (χ4n) is 1.23. The zero-order chi connectivity index (χ0) is 9.72. The summed E-state index contributed by atoms with van der Waals surface area (Å²) < 4.78 is 0. The molecular weight excluding hydrogens is 148 g/mol. The van der Waals surface area contributed by atoms with Gasteiger partial charge in [-0.25, -0.2) is 0 Å². The van der Waals surface area contributed by atoms with E-state index in [-0.39, 0.29) is 0 Å². The van der Waals surface area contributed by atoms with Crippen molar-refractivity contribution >= 4 is 0 Å². The number of nitrogens with zero attached hydrogens (tertiary/aromatic N) is 2. The molecule has 2 nitrogen and oxygen atoms in total. The van der Waals surface area contributed by atoms with Crippen molar-refractivity contribution in [1.82, 2.24) is 9.80 Å². The Bertz CT molecular complexity index is 110. The second-order valence-electron chi connectivity index (χ2n) is 4.42. The van der Waals surface area contributed by atoms with Crippen molar-refractivity contribution in [2.75, 3.05) is 27.3 Å². The van der Waals surface area contributed by atoms with E-state index in [0.717, 1.165) is 12.6 Å². The van der Waals surface area contributed by atoms with Gasteiger partial charge in [0.25, 0.3) is 0 Å². The molecule has 0 aliphatic rings. The van der Waals surface area contributed by atoms with Crippen molar-refractivity contribution in [1.29, 1.82) is 0 Å². The first-order chi connectivity index (χ1) is 5.43. The predicted octanol–water partition coefficient (Wildman–Crippen LogP) is 1.87. The van der Waals surface area contributed by atoms with Gasteiger partial charge in [0.15, 0.2) is 0 Å². The second-order valence-corrected chi connectivity index (χ2v) is 4.42. The lowest BCUT2D eigenvalue weighted by Gasteiger charge is -2.28. The minimum Gasteiger partial charge on any atom is -0.293 e. The number of rotatable bonds is 5. The predicted molar refractivity (Wildman–Crippen MR) is 55.2 cm³/mol. The molecule has 2 heteroatoms. The maximum absolute atomic E-state index is 2.37. The molecule has 0 aromatic heterocycles. The highest BCUT2D eigenvalue weighted by Crippen LogP contribution is 1.99.